The fourth-order valence-electron chi connectivity index (χ4n) is 4.41. The number of fused-ring (bicyclic) bond motifs is 3. The third kappa shape index (κ3) is 6.59. The van der Waals surface area contributed by atoms with Gasteiger partial charge >= 0.3 is 12.1 Å². The second-order valence-corrected chi connectivity index (χ2v) is 8.86. The number of carboxylic acid groups (broad SMARTS) is 1. The number of ether oxygens (including phenoxy) is 1. The van der Waals surface area contributed by atoms with E-state index in [1.807, 2.05) is 38.1 Å². The van der Waals surface area contributed by atoms with Gasteiger partial charge in [-0.25, -0.2) is 9.59 Å². The zero-order chi connectivity index (χ0) is 24.5. The molecule has 0 aliphatic heterocycles. The molecule has 2 amide bonds. The highest BCUT2D eigenvalue weighted by Crippen LogP contribution is 2.44. The summed E-state index contributed by atoms with van der Waals surface area (Å²) in [5.74, 6) is -1.28. The van der Waals surface area contributed by atoms with Crippen LogP contribution in [0, 0.1) is 0 Å². The fourth-order valence-corrected chi connectivity index (χ4v) is 4.41. The number of benzene rings is 2. The highest BCUT2D eigenvalue weighted by atomic mass is 16.5. The summed E-state index contributed by atoms with van der Waals surface area (Å²) < 4.78 is 5.56. The van der Waals surface area contributed by atoms with Gasteiger partial charge in [0.25, 0.3) is 0 Å². The lowest BCUT2D eigenvalue weighted by atomic mass is 9.98. The molecule has 0 saturated heterocycles. The topological polar surface area (TPSA) is 105 Å². The molecule has 2 aromatic carbocycles. The molecule has 7 nitrogen and oxygen atoms in total. The summed E-state index contributed by atoms with van der Waals surface area (Å²) in [5, 5.41) is 14.6. The molecule has 182 valence electrons. The van der Waals surface area contributed by atoms with Crippen molar-refractivity contribution in [3.05, 3.63) is 59.7 Å². The van der Waals surface area contributed by atoms with Gasteiger partial charge in [-0.1, -0.05) is 68.3 Å². The van der Waals surface area contributed by atoms with Crippen LogP contribution in [0.15, 0.2) is 48.5 Å². The molecule has 7 heteroatoms. The lowest BCUT2D eigenvalue weighted by Crippen LogP contribution is -2.40. The van der Waals surface area contributed by atoms with Crippen molar-refractivity contribution in [2.24, 2.45) is 0 Å². The van der Waals surface area contributed by atoms with Crippen LogP contribution in [0.1, 0.15) is 69.4 Å². The summed E-state index contributed by atoms with van der Waals surface area (Å²) >= 11 is 0. The zero-order valence-corrected chi connectivity index (χ0v) is 19.9. The van der Waals surface area contributed by atoms with Crippen LogP contribution in [0.2, 0.25) is 0 Å². The first-order valence-corrected chi connectivity index (χ1v) is 12.0. The normalized spacial score (nSPS) is 13.9. The van der Waals surface area contributed by atoms with Crippen LogP contribution in [0.25, 0.3) is 11.1 Å². The summed E-state index contributed by atoms with van der Waals surface area (Å²) in [5.41, 5.74) is 4.68. The molecule has 1 aliphatic carbocycles. The second kappa shape index (κ2) is 12.2. The summed E-state index contributed by atoms with van der Waals surface area (Å²) in [4.78, 5) is 35.7. The van der Waals surface area contributed by atoms with Crippen LogP contribution in [0.4, 0.5) is 4.79 Å². The number of unbranched alkanes of at least 4 members (excludes halogenated alkanes) is 1. The molecular weight excluding hydrogens is 432 g/mol. The van der Waals surface area contributed by atoms with Gasteiger partial charge in [-0.15, -0.1) is 0 Å². The van der Waals surface area contributed by atoms with Gasteiger partial charge in [0, 0.05) is 18.4 Å². The Hall–Kier alpha value is -3.35. The number of amides is 2. The van der Waals surface area contributed by atoms with Crippen molar-refractivity contribution in [2.45, 2.75) is 70.4 Å². The Kier molecular flexibility index (Phi) is 9.08. The number of carboxylic acids is 1. The number of hydrogen-bond acceptors (Lipinski definition) is 4. The van der Waals surface area contributed by atoms with E-state index in [2.05, 4.69) is 34.9 Å². The van der Waals surface area contributed by atoms with E-state index >= 15 is 0 Å². The van der Waals surface area contributed by atoms with Crippen LogP contribution in [0.3, 0.4) is 0 Å². The number of aliphatic carboxylic acids is 1. The molecule has 0 fully saturated rings. The Morgan fingerprint density at radius 1 is 0.941 bits per heavy atom. The van der Waals surface area contributed by atoms with Gasteiger partial charge in [-0.2, -0.15) is 0 Å². The minimum Gasteiger partial charge on any atom is -0.480 e. The summed E-state index contributed by atoms with van der Waals surface area (Å²) in [6.07, 6.45) is 2.91. The van der Waals surface area contributed by atoms with E-state index in [9.17, 15) is 19.5 Å². The minimum absolute atomic E-state index is 0.00652. The Labute approximate surface area is 200 Å². The Balaban J connectivity index is 1.41. The Bertz CT molecular complexity index is 961. The predicted octanol–water partition coefficient (Wildman–Crippen LogP) is 4.84. The molecule has 0 heterocycles. The molecule has 2 atom stereocenters. The third-order valence-electron chi connectivity index (χ3n) is 6.23. The number of carbonyl (C=O) groups is 3. The van der Waals surface area contributed by atoms with E-state index in [1.165, 1.54) is 11.1 Å². The van der Waals surface area contributed by atoms with Crippen molar-refractivity contribution < 1.29 is 24.2 Å². The summed E-state index contributed by atoms with van der Waals surface area (Å²) in [6.45, 7) is 4.09. The van der Waals surface area contributed by atoms with Gasteiger partial charge in [0.15, 0.2) is 0 Å². The van der Waals surface area contributed by atoms with Crippen molar-refractivity contribution in [1.82, 2.24) is 10.6 Å². The van der Waals surface area contributed by atoms with Crippen LogP contribution in [-0.2, 0) is 14.3 Å². The standard InChI is InChI=1S/C27H34N2O5/c1-3-4-15-24(26(31)32)29-25(30)16-9-10-18(2)28-27(33)34-17-23-21-13-7-5-11-19(21)20-12-6-8-14-22(20)23/h5-8,11-14,18,23-24H,3-4,9-10,15-17H2,1-2H3,(H,28,33)(H,29,30)(H,31,32). The number of carbonyl (C=O) groups excluding carboxylic acids is 2. The molecule has 2 unspecified atom stereocenters. The average molecular weight is 467 g/mol. The Morgan fingerprint density at radius 2 is 1.56 bits per heavy atom. The first-order valence-electron chi connectivity index (χ1n) is 12.0. The van der Waals surface area contributed by atoms with E-state index in [-0.39, 0.29) is 30.9 Å². The maximum absolute atomic E-state index is 12.4. The average Bonchev–Trinajstić information content (AvgIpc) is 3.14. The Morgan fingerprint density at radius 3 is 2.15 bits per heavy atom. The molecule has 2 aromatic rings. The van der Waals surface area contributed by atoms with Gasteiger partial charge in [-0.3, -0.25) is 4.79 Å². The first-order chi connectivity index (χ1) is 16.4. The first kappa shape index (κ1) is 25.3. The maximum Gasteiger partial charge on any atom is 0.407 e. The number of nitrogens with one attached hydrogen (secondary N) is 2. The van der Waals surface area contributed by atoms with Crippen LogP contribution in [-0.4, -0.2) is 41.8 Å². The van der Waals surface area contributed by atoms with Crippen molar-refractivity contribution in [1.29, 1.82) is 0 Å². The molecule has 3 rings (SSSR count). The van der Waals surface area contributed by atoms with Crippen molar-refractivity contribution in [3.63, 3.8) is 0 Å². The van der Waals surface area contributed by atoms with E-state index < -0.39 is 18.1 Å². The van der Waals surface area contributed by atoms with Gasteiger partial charge in [-0.05, 0) is 48.4 Å². The molecule has 0 saturated carbocycles. The van der Waals surface area contributed by atoms with E-state index in [1.54, 1.807) is 0 Å². The summed E-state index contributed by atoms with van der Waals surface area (Å²) in [7, 11) is 0. The smallest absolute Gasteiger partial charge is 0.407 e. The van der Waals surface area contributed by atoms with Gasteiger partial charge < -0.3 is 20.5 Å². The second-order valence-electron chi connectivity index (χ2n) is 8.86. The largest absolute Gasteiger partial charge is 0.480 e. The maximum atomic E-state index is 12.4. The summed E-state index contributed by atoms with van der Waals surface area (Å²) in [6, 6.07) is 15.3. The quantitative estimate of drug-likeness (QED) is 0.415. The van der Waals surface area contributed by atoms with Crippen LogP contribution >= 0.6 is 0 Å². The van der Waals surface area contributed by atoms with E-state index in [4.69, 9.17) is 4.74 Å². The molecule has 0 aromatic heterocycles. The van der Waals surface area contributed by atoms with E-state index in [0.717, 1.165) is 24.0 Å². The SMILES string of the molecule is CCCCC(NC(=O)CCCC(C)NC(=O)OCC1c2ccccc2-c2ccccc21)C(=O)O. The minimum atomic E-state index is -1.01. The molecule has 1 aliphatic rings. The molecule has 3 N–H and O–H groups in total. The van der Waals surface area contributed by atoms with Gasteiger partial charge in [0.05, 0.1) is 0 Å². The van der Waals surface area contributed by atoms with E-state index in [0.29, 0.717) is 19.3 Å². The number of alkyl carbamates (subject to hydrolysis) is 1. The highest BCUT2D eigenvalue weighted by Gasteiger charge is 2.29. The van der Waals surface area contributed by atoms with Crippen molar-refractivity contribution >= 4 is 18.0 Å². The van der Waals surface area contributed by atoms with Crippen LogP contribution < -0.4 is 10.6 Å². The molecule has 0 radical (unpaired) electrons. The number of rotatable bonds is 12. The van der Waals surface area contributed by atoms with Crippen molar-refractivity contribution in [3.8, 4) is 11.1 Å². The monoisotopic (exact) mass is 466 g/mol. The lowest BCUT2D eigenvalue weighted by molar-refractivity contribution is -0.142. The molecule has 0 spiro atoms. The third-order valence-corrected chi connectivity index (χ3v) is 6.23. The lowest BCUT2D eigenvalue weighted by Gasteiger charge is -2.17. The predicted molar refractivity (Wildman–Crippen MR) is 131 cm³/mol. The highest BCUT2D eigenvalue weighted by molar-refractivity contribution is 5.83. The zero-order valence-electron chi connectivity index (χ0n) is 19.9. The molecular formula is C27H34N2O5. The van der Waals surface area contributed by atoms with Gasteiger partial charge in [0.1, 0.15) is 12.6 Å². The molecule has 34 heavy (non-hydrogen) atoms. The van der Waals surface area contributed by atoms with Crippen LogP contribution in [0.5, 0.6) is 0 Å². The van der Waals surface area contributed by atoms with Crippen molar-refractivity contribution in [2.75, 3.05) is 6.61 Å². The van der Waals surface area contributed by atoms with Gasteiger partial charge in [0.2, 0.25) is 5.91 Å². The molecule has 0 bridgehead atoms. The number of hydrogen-bond donors (Lipinski definition) is 3. The fraction of sp³-hybridized carbons (Fsp3) is 0.444.